The van der Waals surface area contributed by atoms with Crippen LogP contribution in [0.5, 0.6) is 0 Å². The molecule has 1 aliphatic carbocycles. The average molecular weight is 749 g/mol. The monoisotopic (exact) mass is 748 g/mol. The van der Waals surface area contributed by atoms with Crippen molar-refractivity contribution in [3.8, 4) is 55.6 Å². The van der Waals surface area contributed by atoms with E-state index < -0.39 is 0 Å². The molecule has 11 aromatic rings. The van der Waals surface area contributed by atoms with Crippen molar-refractivity contribution in [2.24, 2.45) is 0 Å². The standard InChI is InChI=1S/C59H40/c1-59(2)53-25-13-24-44(56(53)57-47-18-7-5-16-45(47)46-17-6-12-23-52(46)58(57)59)39-29-33-41(34-30-39)55-50-21-10-8-19-48(50)54(49-20-9-11-22-51(49)55)40-31-26-38(27-32-40)43-35-28-37-14-3-4-15-42(37)36-43/h3-36H,1-2H3. The van der Waals surface area contributed by atoms with Crippen LogP contribution in [0.25, 0.3) is 109 Å². The van der Waals surface area contributed by atoms with E-state index in [2.05, 4.69) is 220 Å². The number of hydrogen-bond acceptors (Lipinski definition) is 0. The number of hydrogen-bond donors (Lipinski definition) is 0. The van der Waals surface area contributed by atoms with Crippen molar-refractivity contribution in [3.05, 3.63) is 217 Å². The molecule has 0 aromatic heterocycles. The summed E-state index contributed by atoms with van der Waals surface area (Å²) in [7, 11) is 0. The second kappa shape index (κ2) is 12.9. The minimum Gasteiger partial charge on any atom is -0.0616 e. The smallest absolute Gasteiger partial charge is 0.0165 e. The SMILES string of the molecule is CC1(C)c2cccc(-c3ccc(-c4c5ccccc5c(-c5ccc(-c6ccc7ccccc7c6)cc5)c5ccccc45)cc3)c2-c2c1c1ccccc1c1ccccc21. The quantitative estimate of drug-likeness (QED) is 0.124. The zero-order valence-corrected chi connectivity index (χ0v) is 33.1. The molecule has 1 aliphatic rings. The molecule has 0 unspecified atom stereocenters. The van der Waals surface area contributed by atoms with E-state index in [-0.39, 0.29) is 5.41 Å². The Morgan fingerprint density at radius 2 is 0.695 bits per heavy atom. The Kier molecular flexibility index (Phi) is 7.38. The van der Waals surface area contributed by atoms with E-state index in [1.807, 2.05) is 0 Å². The molecule has 0 bridgehead atoms. The predicted octanol–water partition coefficient (Wildman–Crippen LogP) is 16.4. The molecule has 0 N–H and O–H groups in total. The van der Waals surface area contributed by atoms with E-state index in [0.717, 1.165) is 0 Å². The van der Waals surface area contributed by atoms with Gasteiger partial charge in [-0.1, -0.05) is 214 Å². The third kappa shape index (κ3) is 5.03. The van der Waals surface area contributed by atoms with Crippen molar-refractivity contribution >= 4 is 53.9 Å². The van der Waals surface area contributed by atoms with Crippen molar-refractivity contribution in [1.82, 2.24) is 0 Å². The van der Waals surface area contributed by atoms with Gasteiger partial charge in [-0.2, -0.15) is 0 Å². The number of benzene rings is 11. The second-order valence-electron chi connectivity index (χ2n) is 16.8. The van der Waals surface area contributed by atoms with Crippen LogP contribution in [0, 0.1) is 0 Å². The summed E-state index contributed by atoms with van der Waals surface area (Å²) in [6, 6.07) is 76.7. The van der Waals surface area contributed by atoms with Gasteiger partial charge in [0.15, 0.2) is 0 Å². The van der Waals surface area contributed by atoms with Crippen LogP contribution in [0.2, 0.25) is 0 Å². The zero-order chi connectivity index (χ0) is 39.2. The first-order valence-corrected chi connectivity index (χ1v) is 20.8. The van der Waals surface area contributed by atoms with Crippen LogP contribution >= 0.6 is 0 Å². The first-order valence-electron chi connectivity index (χ1n) is 20.8. The molecule has 0 fully saturated rings. The molecule has 0 aliphatic heterocycles. The lowest BCUT2D eigenvalue weighted by atomic mass is 9.79. The van der Waals surface area contributed by atoms with Crippen molar-refractivity contribution in [2.45, 2.75) is 19.3 Å². The fourth-order valence-corrected chi connectivity index (χ4v) is 10.5. The summed E-state index contributed by atoms with van der Waals surface area (Å²) in [5.74, 6) is 0. The Labute approximate surface area is 344 Å². The Hall–Kier alpha value is -7.28. The molecule has 12 rings (SSSR count). The molecule has 0 spiro atoms. The van der Waals surface area contributed by atoms with Gasteiger partial charge in [-0.25, -0.2) is 0 Å². The Morgan fingerprint density at radius 1 is 0.271 bits per heavy atom. The van der Waals surface area contributed by atoms with Crippen molar-refractivity contribution in [2.75, 3.05) is 0 Å². The van der Waals surface area contributed by atoms with Crippen LogP contribution in [0.4, 0.5) is 0 Å². The maximum absolute atomic E-state index is 2.41. The van der Waals surface area contributed by atoms with Gasteiger partial charge in [-0.15, -0.1) is 0 Å². The van der Waals surface area contributed by atoms with Crippen LogP contribution < -0.4 is 0 Å². The van der Waals surface area contributed by atoms with Gasteiger partial charge >= 0.3 is 0 Å². The highest BCUT2D eigenvalue weighted by Gasteiger charge is 2.39. The van der Waals surface area contributed by atoms with Gasteiger partial charge in [-0.05, 0) is 127 Å². The van der Waals surface area contributed by atoms with E-state index in [1.165, 1.54) is 121 Å². The molecule has 0 heterocycles. The molecule has 59 heavy (non-hydrogen) atoms. The largest absolute Gasteiger partial charge is 0.0616 e. The Balaban J connectivity index is 0.998. The second-order valence-corrected chi connectivity index (χ2v) is 16.8. The molecule has 0 amide bonds. The minimum atomic E-state index is -0.138. The zero-order valence-electron chi connectivity index (χ0n) is 33.1. The normalized spacial score (nSPS) is 13.1. The van der Waals surface area contributed by atoms with Crippen LogP contribution in [-0.2, 0) is 5.41 Å². The third-order valence-corrected chi connectivity index (χ3v) is 13.2. The summed E-state index contributed by atoms with van der Waals surface area (Å²) < 4.78 is 0. The summed E-state index contributed by atoms with van der Waals surface area (Å²) >= 11 is 0. The molecule has 0 radical (unpaired) electrons. The number of fused-ring (bicyclic) bond motifs is 11. The van der Waals surface area contributed by atoms with Crippen LogP contribution in [-0.4, -0.2) is 0 Å². The lowest BCUT2D eigenvalue weighted by Crippen LogP contribution is -2.15. The lowest BCUT2D eigenvalue weighted by Gasteiger charge is -2.24. The molecular weight excluding hydrogens is 709 g/mol. The topological polar surface area (TPSA) is 0 Å². The molecule has 11 aromatic carbocycles. The molecule has 0 saturated carbocycles. The third-order valence-electron chi connectivity index (χ3n) is 13.2. The van der Waals surface area contributed by atoms with Gasteiger partial charge in [-0.3, -0.25) is 0 Å². The molecule has 0 saturated heterocycles. The van der Waals surface area contributed by atoms with Gasteiger partial charge in [0.05, 0.1) is 0 Å². The van der Waals surface area contributed by atoms with Gasteiger partial charge in [0.1, 0.15) is 0 Å². The average Bonchev–Trinajstić information content (AvgIpc) is 3.55. The number of rotatable bonds is 4. The van der Waals surface area contributed by atoms with Crippen LogP contribution in [0.3, 0.4) is 0 Å². The fourth-order valence-electron chi connectivity index (χ4n) is 10.5. The summed E-state index contributed by atoms with van der Waals surface area (Å²) in [5.41, 5.74) is 15.5. The highest BCUT2D eigenvalue weighted by atomic mass is 14.4. The minimum absolute atomic E-state index is 0.138. The van der Waals surface area contributed by atoms with Gasteiger partial charge in [0.2, 0.25) is 0 Å². The van der Waals surface area contributed by atoms with E-state index in [9.17, 15) is 0 Å². The van der Waals surface area contributed by atoms with Crippen molar-refractivity contribution in [3.63, 3.8) is 0 Å². The van der Waals surface area contributed by atoms with Crippen molar-refractivity contribution in [1.29, 1.82) is 0 Å². The van der Waals surface area contributed by atoms with Gasteiger partial charge in [0.25, 0.3) is 0 Å². The Morgan fingerprint density at radius 3 is 1.27 bits per heavy atom. The molecular formula is C59H40. The van der Waals surface area contributed by atoms with E-state index in [1.54, 1.807) is 0 Å². The summed E-state index contributed by atoms with van der Waals surface area (Å²) in [6.07, 6.45) is 0. The molecule has 0 atom stereocenters. The van der Waals surface area contributed by atoms with Gasteiger partial charge < -0.3 is 0 Å². The summed E-state index contributed by atoms with van der Waals surface area (Å²) in [6.45, 7) is 4.82. The molecule has 0 nitrogen and oxygen atoms in total. The maximum atomic E-state index is 2.41. The molecule has 0 heteroatoms. The highest BCUT2D eigenvalue weighted by molar-refractivity contribution is 6.22. The fraction of sp³-hybridized carbons (Fsp3) is 0.0508. The summed E-state index contributed by atoms with van der Waals surface area (Å²) in [4.78, 5) is 0. The van der Waals surface area contributed by atoms with E-state index in [4.69, 9.17) is 0 Å². The van der Waals surface area contributed by atoms with E-state index >= 15 is 0 Å². The van der Waals surface area contributed by atoms with Gasteiger partial charge in [0, 0.05) is 5.41 Å². The Bertz CT molecular complexity index is 3430. The first kappa shape index (κ1) is 33.8. The molecule has 276 valence electrons. The van der Waals surface area contributed by atoms with Crippen LogP contribution in [0.15, 0.2) is 206 Å². The van der Waals surface area contributed by atoms with Crippen molar-refractivity contribution < 1.29 is 0 Å². The van der Waals surface area contributed by atoms with E-state index in [0.29, 0.717) is 0 Å². The maximum Gasteiger partial charge on any atom is 0.0165 e. The first-order chi connectivity index (χ1) is 29.0. The summed E-state index contributed by atoms with van der Waals surface area (Å²) in [5, 5.41) is 12.9. The lowest BCUT2D eigenvalue weighted by molar-refractivity contribution is 0.666. The predicted molar refractivity (Wildman–Crippen MR) is 253 cm³/mol. The highest BCUT2D eigenvalue weighted by Crippen LogP contribution is 2.57. The van der Waals surface area contributed by atoms with Crippen LogP contribution in [0.1, 0.15) is 25.0 Å².